The first-order valence-electron chi connectivity index (χ1n) is 21.0. The van der Waals surface area contributed by atoms with Gasteiger partial charge in [-0.25, -0.2) is 33.7 Å². The maximum atomic E-state index is 12.1. The van der Waals surface area contributed by atoms with Gasteiger partial charge in [-0.3, -0.25) is 5.04 Å². The van der Waals surface area contributed by atoms with Crippen LogP contribution >= 0.6 is 12.0 Å². The van der Waals surface area contributed by atoms with Crippen molar-refractivity contribution in [2.24, 2.45) is 0 Å². The van der Waals surface area contributed by atoms with Gasteiger partial charge in [0.15, 0.2) is 5.71 Å². The summed E-state index contributed by atoms with van der Waals surface area (Å²) in [6.07, 6.45) is 9.96. The molecule has 0 saturated heterocycles. The molecule has 18 nitrogen and oxygen atoms in total. The summed E-state index contributed by atoms with van der Waals surface area (Å²) in [6, 6.07) is 14.5. The molecular weight excluding hydrogens is 1060 g/mol. The van der Waals surface area contributed by atoms with Crippen molar-refractivity contribution in [2.45, 2.75) is 98.2 Å². The van der Waals surface area contributed by atoms with Gasteiger partial charge in [0.05, 0.1) is 47.5 Å². The molecule has 0 bridgehead atoms. The van der Waals surface area contributed by atoms with Gasteiger partial charge in [0, 0.05) is 63.9 Å². The van der Waals surface area contributed by atoms with E-state index in [-0.39, 0.29) is 150 Å². The second kappa shape index (κ2) is 27.4. The fourth-order valence-electron chi connectivity index (χ4n) is 8.65. The van der Waals surface area contributed by atoms with E-state index in [4.69, 9.17) is 4.74 Å². The number of benzene rings is 3. The molecule has 0 aromatic heterocycles. The third kappa shape index (κ3) is 17.4. The number of ether oxygens (including phenoxy) is 1. The molecule has 1 aliphatic carbocycles. The Kier molecular flexibility index (Phi) is 25.8. The normalized spacial score (nSPS) is 17.6. The summed E-state index contributed by atoms with van der Waals surface area (Å²) < 4.78 is 153. The van der Waals surface area contributed by atoms with Crippen LogP contribution in [-0.2, 0) is 60.7 Å². The molecule has 2 heterocycles. The molecule has 2 aliphatic heterocycles. The van der Waals surface area contributed by atoms with Gasteiger partial charge in [0.2, 0.25) is 5.69 Å². The maximum Gasteiger partial charge on any atom is 1.00 e. The van der Waals surface area contributed by atoms with E-state index in [9.17, 15) is 57.1 Å². The largest absolute Gasteiger partial charge is 1.00 e. The number of rotatable bonds is 20. The van der Waals surface area contributed by atoms with Gasteiger partial charge in [-0.2, -0.15) is 8.91 Å². The molecule has 3 aliphatic rings. The Balaban J connectivity index is 0.00000432. The van der Waals surface area contributed by atoms with Crippen molar-refractivity contribution in [1.82, 2.24) is 0 Å². The Morgan fingerprint density at radius 3 is 1.89 bits per heavy atom. The van der Waals surface area contributed by atoms with Crippen molar-refractivity contribution >= 4 is 69.6 Å². The Morgan fingerprint density at radius 2 is 1.30 bits per heavy atom. The van der Waals surface area contributed by atoms with Crippen LogP contribution in [0.4, 0.5) is 11.4 Å². The summed E-state index contributed by atoms with van der Waals surface area (Å²) in [7, 11) is -18.5. The minimum absolute atomic E-state index is 0. The van der Waals surface area contributed by atoms with E-state index in [0.29, 0.717) is 65.4 Å². The average Bonchev–Trinajstić information content (AvgIpc) is 3.58. The van der Waals surface area contributed by atoms with Gasteiger partial charge in [0.25, 0.3) is 0 Å². The second-order valence-corrected chi connectivity index (χ2v) is 23.8. The van der Waals surface area contributed by atoms with Gasteiger partial charge >= 0.3 is 118 Å². The molecular formula is C44H48N2Na4O16S5. The Labute approximate surface area is 509 Å². The molecule has 0 atom stereocenters. The third-order valence-electron chi connectivity index (χ3n) is 11.9. The minimum Gasteiger partial charge on any atom is -0.748 e. The van der Waals surface area contributed by atoms with Crippen LogP contribution < -0.4 is 133 Å². The van der Waals surface area contributed by atoms with E-state index in [2.05, 4.69) is 9.37 Å². The zero-order valence-corrected chi connectivity index (χ0v) is 52.9. The summed E-state index contributed by atoms with van der Waals surface area (Å²) in [6.45, 7) is 8.27. The average molecular weight is 1110 g/mol. The molecule has 3 aromatic rings. The number of fused-ring (bicyclic) bond motifs is 2. The van der Waals surface area contributed by atoms with Crippen molar-refractivity contribution in [1.29, 1.82) is 0 Å². The first-order valence-corrected chi connectivity index (χ1v) is 27.7. The third-order valence-corrected chi connectivity index (χ3v) is 15.7. The molecule has 0 unspecified atom stereocenters. The summed E-state index contributed by atoms with van der Waals surface area (Å²) in [5, 5.41) is 14.2. The van der Waals surface area contributed by atoms with E-state index in [1.165, 1.54) is 30.3 Å². The number of hydrogen-bond acceptors (Lipinski definition) is 18. The Morgan fingerprint density at radius 1 is 0.690 bits per heavy atom. The molecule has 27 heteroatoms. The van der Waals surface area contributed by atoms with Crippen molar-refractivity contribution < 1.29 is 194 Å². The number of nitrogens with zero attached hydrogens (tertiary/aromatic N) is 2. The minimum atomic E-state index is -4.83. The van der Waals surface area contributed by atoms with Crippen LogP contribution in [0, 0.1) is 0 Å². The van der Waals surface area contributed by atoms with Crippen LogP contribution in [0.1, 0.15) is 83.8 Å². The van der Waals surface area contributed by atoms with Crippen molar-refractivity contribution in [2.75, 3.05) is 29.5 Å². The van der Waals surface area contributed by atoms with Gasteiger partial charge in [-0.1, -0.05) is 19.9 Å². The van der Waals surface area contributed by atoms with Gasteiger partial charge in [-0.05, 0) is 136 Å². The summed E-state index contributed by atoms with van der Waals surface area (Å²) in [4.78, 5) is 1.59. The van der Waals surface area contributed by atoms with Crippen LogP contribution in [0.25, 0.3) is 0 Å². The van der Waals surface area contributed by atoms with E-state index < -0.39 is 72.6 Å². The quantitative estimate of drug-likeness (QED) is 0.0193. The summed E-state index contributed by atoms with van der Waals surface area (Å²) >= 11 is 0.730. The zero-order chi connectivity index (χ0) is 49.2. The molecule has 6 rings (SSSR count). The smallest absolute Gasteiger partial charge is 0.748 e. The van der Waals surface area contributed by atoms with Gasteiger partial charge in [-0.15, -0.1) is 0 Å². The molecule has 364 valence electrons. The summed E-state index contributed by atoms with van der Waals surface area (Å²) in [5.41, 5.74) is 4.10. The molecule has 0 amide bonds. The predicted molar refractivity (Wildman–Crippen MR) is 241 cm³/mol. The number of hydrogen-bond donors (Lipinski definition) is 0. The molecule has 0 radical (unpaired) electrons. The first-order chi connectivity index (χ1) is 31.2. The van der Waals surface area contributed by atoms with Crippen molar-refractivity contribution in [3.05, 3.63) is 119 Å². The van der Waals surface area contributed by atoms with E-state index >= 15 is 0 Å². The topological polar surface area (TPSA) is 286 Å². The summed E-state index contributed by atoms with van der Waals surface area (Å²) in [5.74, 6) is -0.474. The van der Waals surface area contributed by atoms with Gasteiger partial charge < -0.3 is 33.1 Å². The zero-order valence-electron chi connectivity index (χ0n) is 40.8. The number of anilines is 1. The van der Waals surface area contributed by atoms with Gasteiger partial charge in [0.1, 0.15) is 38.3 Å². The number of unbranched alkanes of at least 4 members (excludes halogenated alkanes) is 2. The molecule has 3 aromatic carbocycles. The molecule has 71 heavy (non-hydrogen) atoms. The van der Waals surface area contributed by atoms with Crippen LogP contribution in [0.3, 0.4) is 0 Å². The van der Waals surface area contributed by atoms with E-state index in [1.807, 2.05) is 73.6 Å². The second-order valence-electron chi connectivity index (χ2n) is 17.2. The standard InChI is InChI=1S/C44H52N2O16S5.4Na/c1-43(2)36-28-33(63-62-61-47)16-20-38(36)45(24-5-7-26-64(48,49)50)40(43)22-12-30-10-9-11-31(42(30)60-32-14-17-34(18-15-32)66(54,55)56)13-23-41-44(3,4)37-29-35(67(57,58)59)19-21-39(37)46(41)25-6-8-27-65(51,52)53;;;;/h12-23,28-29H,5-11,24-27H2,1-4H3,(H4-,47,48,49,50,51,52,53,54,55,56,57,58,59);;;;/q;4*+1/p-4. The predicted octanol–water partition coefficient (Wildman–Crippen LogP) is -6.55. The SMILES string of the molecule is CC1(C)C(C=CC2=C(Oc3ccc(S(=O)(=O)[O-])cc3)C(=C/C=C3/N(CCCCS(=O)(=O)[O-])c4ccc(S(=O)(=O)[O-])cc4C3(C)C)CCC2)=[N+](CCCCS(=O)(=O)[O-])c2ccc(SOO[O-])cc21.[Na+].[Na+].[Na+].[Na+]. The van der Waals surface area contributed by atoms with Crippen LogP contribution in [-0.4, -0.2) is 86.8 Å². The van der Waals surface area contributed by atoms with Crippen LogP contribution in [0.5, 0.6) is 5.75 Å². The van der Waals surface area contributed by atoms with E-state index in [0.717, 1.165) is 46.7 Å². The molecule has 0 spiro atoms. The Hall–Kier alpha value is -0.240. The van der Waals surface area contributed by atoms with Crippen molar-refractivity contribution in [3.8, 4) is 5.75 Å². The van der Waals surface area contributed by atoms with Crippen molar-refractivity contribution in [3.63, 3.8) is 0 Å². The fourth-order valence-corrected chi connectivity index (χ4v) is 11.1. The van der Waals surface area contributed by atoms with Crippen LogP contribution in [0.15, 0.2) is 122 Å². The maximum absolute atomic E-state index is 12.1. The molecule has 0 saturated carbocycles. The Bertz CT molecular complexity index is 3030. The van der Waals surface area contributed by atoms with Crippen LogP contribution in [0.2, 0.25) is 0 Å². The first kappa shape index (κ1) is 66.9. The molecule has 0 fully saturated rings. The number of allylic oxidation sites excluding steroid dienone is 7. The fraction of sp³-hybridized carbons (Fsp3) is 0.386. The van der Waals surface area contributed by atoms with E-state index in [1.54, 1.807) is 6.07 Å². The monoisotopic (exact) mass is 1110 g/mol. The molecule has 0 N–H and O–H groups in total.